The van der Waals surface area contributed by atoms with Crippen LogP contribution in [0.1, 0.15) is 43.0 Å². The van der Waals surface area contributed by atoms with Crippen molar-refractivity contribution in [3.8, 4) is 0 Å². The Balaban J connectivity index is 1.83. The Morgan fingerprint density at radius 2 is 1.91 bits per heavy atom. The SMILES string of the molecule is CCCCNC(=O)CNC(=O)c1ccc(N2CCCC2=O)cc1. The summed E-state index contributed by atoms with van der Waals surface area (Å²) in [6.07, 6.45) is 3.39. The molecular formula is C17H23N3O3. The van der Waals surface area contributed by atoms with Crippen LogP contribution >= 0.6 is 0 Å². The highest BCUT2D eigenvalue weighted by molar-refractivity contribution is 5.98. The molecule has 0 aliphatic carbocycles. The first-order valence-corrected chi connectivity index (χ1v) is 8.07. The van der Waals surface area contributed by atoms with Crippen LogP contribution in [-0.2, 0) is 9.59 Å². The molecule has 3 amide bonds. The monoisotopic (exact) mass is 317 g/mol. The van der Waals surface area contributed by atoms with Crippen LogP contribution in [0, 0.1) is 0 Å². The van der Waals surface area contributed by atoms with E-state index in [-0.39, 0.29) is 24.3 Å². The molecule has 1 heterocycles. The summed E-state index contributed by atoms with van der Waals surface area (Å²) in [5, 5.41) is 5.34. The van der Waals surface area contributed by atoms with Gasteiger partial charge in [0, 0.05) is 30.8 Å². The van der Waals surface area contributed by atoms with E-state index in [1.807, 2.05) is 6.92 Å². The summed E-state index contributed by atoms with van der Waals surface area (Å²) in [4.78, 5) is 37.0. The van der Waals surface area contributed by atoms with Crippen LogP contribution in [-0.4, -0.2) is 37.4 Å². The van der Waals surface area contributed by atoms with Crippen molar-refractivity contribution in [2.75, 3.05) is 24.5 Å². The van der Waals surface area contributed by atoms with E-state index in [4.69, 9.17) is 0 Å². The molecule has 124 valence electrons. The van der Waals surface area contributed by atoms with Gasteiger partial charge in [-0.1, -0.05) is 13.3 Å². The maximum Gasteiger partial charge on any atom is 0.251 e. The predicted molar refractivity (Wildman–Crippen MR) is 88.3 cm³/mol. The number of carbonyl (C=O) groups excluding carboxylic acids is 3. The lowest BCUT2D eigenvalue weighted by atomic mass is 10.2. The van der Waals surface area contributed by atoms with Gasteiger partial charge in [-0.3, -0.25) is 14.4 Å². The largest absolute Gasteiger partial charge is 0.355 e. The van der Waals surface area contributed by atoms with E-state index in [1.165, 1.54) is 0 Å². The molecule has 0 saturated carbocycles. The topological polar surface area (TPSA) is 78.5 Å². The molecule has 0 radical (unpaired) electrons. The second kappa shape index (κ2) is 8.31. The van der Waals surface area contributed by atoms with Gasteiger partial charge in [-0.2, -0.15) is 0 Å². The van der Waals surface area contributed by atoms with Crippen LogP contribution in [0.25, 0.3) is 0 Å². The van der Waals surface area contributed by atoms with Gasteiger partial charge in [-0.25, -0.2) is 0 Å². The molecule has 0 spiro atoms. The number of hydrogen-bond donors (Lipinski definition) is 2. The van der Waals surface area contributed by atoms with Crippen molar-refractivity contribution < 1.29 is 14.4 Å². The third-order valence-corrected chi connectivity index (χ3v) is 3.78. The zero-order valence-electron chi connectivity index (χ0n) is 13.4. The zero-order chi connectivity index (χ0) is 16.7. The summed E-state index contributed by atoms with van der Waals surface area (Å²) in [5.41, 5.74) is 1.28. The first-order chi connectivity index (χ1) is 11.1. The molecule has 2 rings (SSSR count). The van der Waals surface area contributed by atoms with Crippen molar-refractivity contribution >= 4 is 23.4 Å². The van der Waals surface area contributed by atoms with Gasteiger partial charge in [-0.05, 0) is 37.1 Å². The average molecular weight is 317 g/mol. The van der Waals surface area contributed by atoms with Crippen LogP contribution in [0.3, 0.4) is 0 Å². The highest BCUT2D eigenvalue weighted by Gasteiger charge is 2.21. The van der Waals surface area contributed by atoms with Gasteiger partial charge in [0.2, 0.25) is 11.8 Å². The summed E-state index contributed by atoms with van der Waals surface area (Å²) >= 11 is 0. The van der Waals surface area contributed by atoms with Crippen LogP contribution < -0.4 is 15.5 Å². The molecule has 1 saturated heterocycles. The van der Waals surface area contributed by atoms with Crippen molar-refractivity contribution in [3.05, 3.63) is 29.8 Å². The molecule has 1 aromatic rings. The molecular weight excluding hydrogens is 294 g/mol. The van der Waals surface area contributed by atoms with Crippen molar-refractivity contribution in [1.29, 1.82) is 0 Å². The number of unbranched alkanes of at least 4 members (excludes halogenated alkanes) is 1. The average Bonchev–Trinajstić information content (AvgIpc) is 2.99. The zero-order valence-corrected chi connectivity index (χ0v) is 13.4. The van der Waals surface area contributed by atoms with Crippen LogP contribution in [0.4, 0.5) is 5.69 Å². The summed E-state index contributed by atoms with van der Waals surface area (Å²) in [6.45, 7) is 3.37. The minimum absolute atomic E-state index is 0.0328. The number of nitrogens with zero attached hydrogens (tertiary/aromatic N) is 1. The quantitative estimate of drug-likeness (QED) is 0.747. The highest BCUT2D eigenvalue weighted by Crippen LogP contribution is 2.21. The van der Waals surface area contributed by atoms with Crippen LogP contribution in [0.15, 0.2) is 24.3 Å². The molecule has 1 fully saturated rings. The Kier molecular flexibility index (Phi) is 6.14. The van der Waals surface area contributed by atoms with E-state index in [0.717, 1.165) is 31.5 Å². The molecule has 1 aliphatic rings. The molecule has 2 N–H and O–H groups in total. The number of anilines is 1. The lowest BCUT2D eigenvalue weighted by molar-refractivity contribution is -0.120. The molecule has 6 nitrogen and oxygen atoms in total. The lowest BCUT2D eigenvalue weighted by Crippen LogP contribution is -2.37. The van der Waals surface area contributed by atoms with E-state index >= 15 is 0 Å². The molecule has 6 heteroatoms. The van der Waals surface area contributed by atoms with Crippen molar-refractivity contribution in [2.24, 2.45) is 0 Å². The van der Waals surface area contributed by atoms with Gasteiger partial charge in [0.05, 0.1) is 6.54 Å². The van der Waals surface area contributed by atoms with Crippen molar-refractivity contribution in [2.45, 2.75) is 32.6 Å². The molecule has 0 unspecified atom stereocenters. The number of rotatable bonds is 7. The number of hydrogen-bond acceptors (Lipinski definition) is 3. The van der Waals surface area contributed by atoms with Gasteiger partial charge < -0.3 is 15.5 Å². The molecule has 0 aromatic heterocycles. The molecule has 0 atom stereocenters. The normalized spacial score (nSPS) is 14.0. The maximum atomic E-state index is 12.0. The number of carbonyl (C=O) groups is 3. The maximum absolute atomic E-state index is 12.0. The van der Waals surface area contributed by atoms with Crippen molar-refractivity contribution in [1.82, 2.24) is 10.6 Å². The predicted octanol–water partition coefficient (Wildman–Crippen LogP) is 1.46. The summed E-state index contributed by atoms with van der Waals surface area (Å²) in [5.74, 6) is -0.369. The summed E-state index contributed by atoms with van der Waals surface area (Å²) < 4.78 is 0. The second-order valence-corrected chi connectivity index (χ2v) is 5.58. The summed E-state index contributed by atoms with van der Waals surface area (Å²) in [6, 6.07) is 6.87. The second-order valence-electron chi connectivity index (χ2n) is 5.58. The smallest absolute Gasteiger partial charge is 0.251 e. The molecule has 1 aromatic carbocycles. The number of benzene rings is 1. The number of amides is 3. The van der Waals surface area contributed by atoms with Gasteiger partial charge >= 0.3 is 0 Å². The fraction of sp³-hybridized carbons (Fsp3) is 0.471. The standard InChI is InChI=1S/C17H23N3O3/c1-2-3-10-18-15(21)12-19-17(23)13-6-8-14(9-7-13)20-11-4-5-16(20)22/h6-9H,2-5,10-12H2,1H3,(H,18,21)(H,19,23). The van der Waals surface area contributed by atoms with E-state index in [1.54, 1.807) is 29.2 Å². The van der Waals surface area contributed by atoms with E-state index in [9.17, 15) is 14.4 Å². The third kappa shape index (κ3) is 4.81. The van der Waals surface area contributed by atoms with E-state index < -0.39 is 0 Å². The first-order valence-electron chi connectivity index (χ1n) is 8.07. The Hall–Kier alpha value is -2.37. The van der Waals surface area contributed by atoms with Crippen LogP contribution in [0.5, 0.6) is 0 Å². The Labute approximate surface area is 136 Å². The first kappa shape index (κ1) is 17.0. The van der Waals surface area contributed by atoms with Gasteiger partial charge in [0.1, 0.15) is 0 Å². The van der Waals surface area contributed by atoms with Crippen molar-refractivity contribution in [3.63, 3.8) is 0 Å². The lowest BCUT2D eigenvalue weighted by Gasteiger charge is -2.15. The molecule has 1 aliphatic heterocycles. The van der Waals surface area contributed by atoms with Gasteiger partial charge in [-0.15, -0.1) is 0 Å². The minimum atomic E-state index is -0.296. The minimum Gasteiger partial charge on any atom is -0.355 e. The van der Waals surface area contributed by atoms with Gasteiger partial charge in [0.15, 0.2) is 0 Å². The fourth-order valence-electron chi connectivity index (χ4n) is 2.44. The van der Waals surface area contributed by atoms with Crippen LogP contribution in [0.2, 0.25) is 0 Å². The van der Waals surface area contributed by atoms with E-state index in [2.05, 4.69) is 10.6 Å². The van der Waals surface area contributed by atoms with Gasteiger partial charge in [0.25, 0.3) is 5.91 Å². The number of nitrogens with one attached hydrogen (secondary N) is 2. The Morgan fingerprint density at radius 3 is 2.52 bits per heavy atom. The molecule has 23 heavy (non-hydrogen) atoms. The highest BCUT2D eigenvalue weighted by atomic mass is 16.2. The third-order valence-electron chi connectivity index (χ3n) is 3.78. The molecule has 0 bridgehead atoms. The summed E-state index contributed by atoms with van der Waals surface area (Å²) in [7, 11) is 0. The fourth-order valence-corrected chi connectivity index (χ4v) is 2.44. The Morgan fingerprint density at radius 1 is 1.17 bits per heavy atom. The van der Waals surface area contributed by atoms with E-state index in [0.29, 0.717) is 18.5 Å². The Bertz CT molecular complexity index is 569.